The van der Waals surface area contributed by atoms with Gasteiger partial charge < -0.3 is 24.4 Å². The highest BCUT2D eigenvalue weighted by atomic mass is 16.7. The molecule has 142 valence electrons. The molecule has 0 aromatic rings. The van der Waals surface area contributed by atoms with Crippen LogP contribution >= 0.6 is 0 Å². The van der Waals surface area contributed by atoms with Gasteiger partial charge in [-0.1, -0.05) is 13.8 Å². The molecule has 3 heterocycles. The van der Waals surface area contributed by atoms with Gasteiger partial charge in [0.05, 0.1) is 6.61 Å². The molecule has 0 amide bonds. The smallest absolute Gasteiger partial charge is 0.331 e. The van der Waals surface area contributed by atoms with Crippen LogP contribution in [0.3, 0.4) is 0 Å². The van der Waals surface area contributed by atoms with Crippen LogP contribution in [0.1, 0.15) is 33.6 Å². The Morgan fingerprint density at radius 2 is 2.00 bits per heavy atom. The molecule has 5 aliphatic rings. The third-order valence-corrected chi connectivity index (χ3v) is 7.89. The largest absolute Gasteiger partial charge is 0.462 e. The van der Waals surface area contributed by atoms with Gasteiger partial charge in [-0.2, -0.15) is 0 Å². The van der Waals surface area contributed by atoms with Crippen molar-refractivity contribution in [3.8, 4) is 0 Å². The maximum atomic E-state index is 12.3. The maximum Gasteiger partial charge on any atom is 0.331 e. The Hall–Kier alpha value is -1.44. The molecule has 0 unspecified atom stereocenters. The Labute approximate surface area is 151 Å². The van der Waals surface area contributed by atoms with Gasteiger partial charge in [0.25, 0.3) is 0 Å². The molecule has 4 fully saturated rings. The summed E-state index contributed by atoms with van der Waals surface area (Å²) >= 11 is 0. The summed E-state index contributed by atoms with van der Waals surface area (Å²) in [5.41, 5.74) is -0.482. The molecule has 26 heavy (non-hydrogen) atoms. The van der Waals surface area contributed by atoms with Crippen molar-refractivity contribution < 1.29 is 34.0 Å². The van der Waals surface area contributed by atoms with Gasteiger partial charge in [-0.05, 0) is 30.8 Å². The molecule has 0 aromatic heterocycles. The average Bonchev–Trinajstić information content (AvgIpc) is 3.14. The number of carbonyl (C=O) groups excluding carboxylic acids is 2. The van der Waals surface area contributed by atoms with E-state index in [1.54, 1.807) is 0 Å². The highest BCUT2D eigenvalue weighted by molar-refractivity contribution is 5.86. The van der Waals surface area contributed by atoms with Crippen molar-refractivity contribution in [3.05, 3.63) is 11.6 Å². The molecule has 9 atom stereocenters. The predicted octanol–water partition coefficient (Wildman–Crippen LogP) is 0.532. The minimum atomic E-state index is -1.74. The second kappa shape index (κ2) is 4.69. The molecule has 2 N–H and O–H groups in total. The Kier molecular flexibility index (Phi) is 3.02. The number of rotatable bonds is 1. The Morgan fingerprint density at radius 3 is 2.65 bits per heavy atom. The molecule has 7 nitrogen and oxygen atoms in total. The summed E-state index contributed by atoms with van der Waals surface area (Å²) in [6.07, 6.45) is 0.0796. The van der Waals surface area contributed by atoms with Crippen LogP contribution in [0.4, 0.5) is 0 Å². The van der Waals surface area contributed by atoms with E-state index in [1.807, 2.05) is 20.8 Å². The molecular weight excluding hydrogens is 340 g/mol. The Morgan fingerprint density at radius 1 is 1.27 bits per heavy atom. The van der Waals surface area contributed by atoms with Crippen molar-refractivity contribution in [2.24, 2.45) is 28.6 Å². The van der Waals surface area contributed by atoms with Crippen molar-refractivity contribution in [2.75, 3.05) is 6.61 Å². The Balaban J connectivity index is 1.70. The van der Waals surface area contributed by atoms with Crippen LogP contribution in [-0.4, -0.2) is 52.9 Å². The minimum Gasteiger partial charge on any atom is -0.462 e. The standard InChI is InChI=1S/C19H24O7/c1-8-4-12(20)26-15(8)17(3)6-11-18-7-24-19(23,16(17)18)14(22)9(2)10(18)5-13(21)25-11/h4,9-11,14-16,22-23H,5-7H2,1-3H3/t9-,10+,11-,14+,15+,16-,17-,18-,19+/m1/s1. The lowest BCUT2D eigenvalue weighted by Crippen LogP contribution is -2.66. The van der Waals surface area contributed by atoms with Crippen molar-refractivity contribution in [1.29, 1.82) is 0 Å². The van der Waals surface area contributed by atoms with Crippen LogP contribution in [0, 0.1) is 28.6 Å². The number of esters is 2. The van der Waals surface area contributed by atoms with Gasteiger partial charge in [0, 0.05) is 29.2 Å². The fraction of sp³-hybridized carbons (Fsp3) is 0.789. The fourth-order valence-corrected chi connectivity index (χ4v) is 7.10. The molecule has 3 aliphatic heterocycles. The molecule has 5 rings (SSSR count). The zero-order valence-electron chi connectivity index (χ0n) is 15.1. The minimum absolute atomic E-state index is 0.139. The monoisotopic (exact) mass is 364 g/mol. The molecular formula is C19H24O7. The van der Waals surface area contributed by atoms with Gasteiger partial charge in [0.1, 0.15) is 18.3 Å². The van der Waals surface area contributed by atoms with E-state index < -0.39 is 46.8 Å². The number of aliphatic hydroxyl groups is 2. The lowest BCUT2D eigenvalue weighted by molar-refractivity contribution is -0.299. The van der Waals surface area contributed by atoms with Gasteiger partial charge in [0.15, 0.2) is 5.79 Å². The van der Waals surface area contributed by atoms with Gasteiger partial charge in [0.2, 0.25) is 0 Å². The Bertz CT molecular complexity index is 746. The quantitative estimate of drug-likeness (QED) is 0.655. The third kappa shape index (κ3) is 1.62. The molecule has 1 spiro atoms. The SMILES string of the molecule is CC1=CC(=O)O[C@@H]1[C@@]1(C)C[C@H]2OC(=O)C[C@H]3[C@@H](C)[C@H](O)[C@]4(O)OC[C@]23[C@@H]14. The predicted molar refractivity (Wildman–Crippen MR) is 86.3 cm³/mol. The number of carbonyl (C=O) groups is 2. The molecule has 2 saturated carbocycles. The lowest BCUT2D eigenvalue weighted by Gasteiger charge is -2.55. The second-order valence-electron chi connectivity index (χ2n) is 9.09. The average molecular weight is 364 g/mol. The van der Waals surface area contributed by atoms with Crippen molar-refractivity contribution >= 4 is 11.9 Å². The molecule has 0 radical (unpaired) electrons. The normalized spacial score (nSPS) is 57.5. The van der Waals surface area contributed by atoms with E-state index in [4.69, 9.17) is 14.2 Å². The summed E-state index contributed by atoms with van der Waals surface area (Å²) in [6.45, 7) is 5.88. The molecule has 2 aliphatic carbocycles. The number of aliphatic hydroxyl groups excluding tert-OH is 1. The first-order valence-electron chi connectivity index (χ1n) is 9.27. The van der Waals surface area contributed by atoms with Crippen LogP contribution in [0.25, 0.3) is 0 Å². The second-order valence-corrected chi connectivity index (χ2v) is 9.09. The van der Waals surface area contributed by atoms with E-state index in [0.29, 0.717) is 6.42 Å². The maximum absolute atomic E-state index is 12.3. The summed E-state index contributed by atoms with van der Waals surface area (Å²) in [4.78, 5) is 24.1. The number of hydrogen-bond acceptors (Lipinski definition) is 7. The summed E-state index contributed by atoms with van der Waals surface area (Å²) in [5, 5.41) is 22.3. The van der Waals surface area contributed by atoms with Crippen LogP contribution < -0.4 is 0 Å². The molecule has 2 bridgehead atoms. The lowest BCUT2D eigenvalue weighted by atomic mass is 9.50. The highest BCUT2D eigenvalue weighted by Crippen LogP contribution is 2.74. The van der Waals surface area contributed by atoms with Crippen LogP contribution in [-0.2, 0) is 23.8 Å². The van der Waals surface area contributed by atoms with Crippen LogP contribution in [0.5, 0.6) is 0 Å². The number of cyclic esters (lactones) is 1. The van der Waals surface area contributed by atoms with E-state index in [-0.39, 0.29) is 30.8 Å². The third-order valence-electron chi connectivity index (χ3n) is 7.89. The zero-order valence-corrected chi connectivity index (χ0v) is 15.1. The van der Waals surface area contributed by atoms with Crippen LogP contribution in [0.2, 0.25) is 0 Å². The molecule has 2 saturated heterocycles. The van der Waals surface area contributed by atoms with Gasteiger partial charge >= 0.3 is 11.9 Å². The highest BCUT2D eigenvalue weighted by Gasteiger charge is 2.82. The van der Waals surface area contributed by atoms with Gasteiger partial charge in [-0.15, -0.1) is 0 Å². The van der Waals surface area contributed by atoms with Crippen LogP contribution in [0.15, 0.2) is 11.6 Å². The first kappa shape index (κ1) is 16.7. The molecule has 7 heteroatoms. The fourth-order valence-electron chi connectivity index (χ4n) is 7.10. The van der Waals surface area contributed by atoms with Crippen molar-refractivity contribution in [3.63, 3.8) is 0 Å². The summed E-state index contributed by atoms with van der Waals surface area (Å²) in [6, 6.07) is 0. The first-order chi connectivity index (χ1) is 12.1. The van der Waals surface area contributed by atoms with Gasteiger partial charge in [-0.25, -0.2) is 4.79 Å². The summed E-state index contributed by atoms with van der Waals surface area (Å²) in [5.74, 6) is -3.34. The zero-order chi connectivity index (χ0) is 18.6. The number of hydrogen-bond donors (Lipinski definition) is 2. The first-order valence-corrected chi connectivity index (χ1v) is 9.27. The van der Waals surface area contributed by atoms with Crippen molar-refractivity contribution in [2.45, 2.75) is 57.7 Å². The van der Waals surface area contributed by atoms with E-state index in [2.05, 4.69) is 0 Å². The summed E-state index contributed by atoms with van der Waals surface area (Å²) < 4.78 is 17.2. The van der Waals surface area contributed by atoms with E-state index in [1.165, 1.54) is 6.08 Å². The van der Waals surface area contributed by atoms with E-state index >= 15 is 0 Å². The van der Waals surface area contributed by atoms with Gasteiger partial charge in [-0.3, -0.25) is 4.79 Å². The molecule has 0 aromatic carbocycles. The topological polar surface area (TPSA) is 102 Å². The summed E-state index contributed by atoms with van der Waals surface area (Å²) in [7, 11) is 0. The number of ether oxygens (including phenoxy) is 3. The van der Waals surface area contributed by atoms with E-state index in [9.17, 15) is 19.8 Å². The van der Waals surface area contributed by atoms with Crippen molar-refractivity contribution in [1.82, 2.24) is 0 Å². The van der Waals surface area contributed by atoms with E-state index in [0.717, 1.165) is 5.57 Å².